The van der Waals surface area contributed by atoms with E-state index in [9.17, 15) is 19.2 Å². The highest BCUT2D eigenvalue weighted by Crippen LogP contribution is 2.32. The Balaban J connectivity index is 0.000000291. The predicted molar refractivity (Wildman–Crippen MR) is 188 cm³/mol. The number of carboxylic acid groups (broad SMARTS) is 1. The van der Waals surface area contributed by atoms with Crippen LogP contribution < -0.4 is 11.0 Å². The molecule has 2 atom stereocenters. The number of hydroxylamine groups is 2. The summed E-state index contributed by atoms with van der Waals surface area (Å²) in [6.45, 7) is 1.33. The highest BCUT2D eigenvalue weighted by Gasteiger charge is 2.25. The van der Waals surface area contributed by atoms with Gasteiger partial charge in [0.1, 0.15) is 26.4 Å². The van der Waals surface area contributed by atoms with Crippen molar-refractivity contribution in [3.8, 4) is 0 Å². The molecule has 2 aliphatic rings. The number of carboxylic acids is 1. The van der Waals surface area contributed by atoms with Crippen molar-refractivity contribution in [3.63, 3.8) is 0 Å². The Morgan fingerprint density at radius 1 is 0.722 bits per heavy atom. The van der Waals surface area contributed by atoms with Crippen LogP contribution in [-0.4, -0.2) is 79.4 Å². The number of nitrogens with zero attached hydrogens (tertiary/aromatic N) is 4. The molecule has 0 aliphatic heterocycles. The number of amides is 2. The van der Waals surface area contributed by atoms with Crippen molar-refractivity contribution >= 4 is 23.8 Å². The van der Waals surface area contributed by atoms with Crippen LogP contribution in [0.2, 0.25) is 0 Å². The molecule has 304 valence electrons. The van der Waals surface area contributed by atoms with Crippen molar-refractivity contribution < 1.29 is 58.0 Å². The van der Waals surface area contributed by atoms with Crippen LogP contribution in [0.25, 0.3) is 0 Å². The Bertz CT molecular complexity index is 1380. The second-order valence-electron chi connectivity index (χ2n) is 14.0. The lowest BCUT2D eigenvalue weighted by molar-refractivity contribution is -0.149. The van der Waals surface area contributed by atoms with Crippen molar-refractivity contribution in [1.82, 2.24) is 31.2 Å². The number of ether oxygens (including phenoxy) is 3. The van der Waals surface area contributed by atoms with E-state index < -0.39 is 30.4 Å². The third-order valence-corrected chi connectivity index (χ3v) is 9.77. The summed E-state index contributed by atoms with van der Waals surface area (Å²) in [6, 6.07) is 0. The lowest BCUT2D eigenvalue weighted by Crippen LogP contribution is -2.21. The molecule has 2 amide bonds. The molecule has 2 aromatic heterocycles. The molecular weight excluding hydrogens is 708 g/mol. The molecule has 0 saturated heterocycles. The molecule has 0 spiro atoms. The SMILES string of the molecule is CCOC(=O)COCc1noc([C@H](CCCC2CCCCC2)CC(=O)NO)n1.O=C(O)COCc1noc([C@H](CCCC2CCCCC2)CC(=O)NO)n1. The first kappa shape index (κ1) is 44.4. The number of nitrogens with one attached hydrogen (secondary N) is 2. The minimum atomic E-state index is -1.08. The van der Waals surface area contributed by atoms with Gasteiger partial charge in [0.05, 0.1) is 6.61 Å². The maximum absolute atomic E-state index is 11.6. The fourth-order valence-corrected chi connectivity index (χ4v) is 7.06. The molecule has 0 bridgehead atoms. The average molecular weight is 767 g/mol. The van der Waals surface area contributed by atoms with Crippen molar-refractivity contribution in [2.75, 3.05) is 19.8 Å². The van der Waals surface area contributed by atoms with Gasteiger partial charge in [-0.3, -0.25) is 20.0 Å². The Labute approximate surface area is 315 Å². The van der Waals surface area contributed by atoms with Gasteiger partial charge in [-0.15, -0.1) is 0 Å². The van der Waals surface area contributed by atoms with Crippen molar-refractivity contribution in [2.24, 2.45) is 11.8 Å². The van der Waals surface area contributed by atoms with Gasteiger partial charge in [-0.1, -0.05) is 100 Å². The summed E-state index contributed by atoms with van der Waals surface area (Å²) in [5, 5.41) is 33.8. The molecule has 2 aliphatic carbocycles. The topological polar surface area (TPSA) is 259 Å². The number of hydrogen-bond donors (Lipinski definition) is 5. The fourth-order valence-electron chi connectivity index (χ4n) is 7.06. The second-order valence-corrected chi connectivity index (χ2v) is 14.0. The van der Waals surface area contributed by atoms with Gasteiger partial charge in [-0.05, 0) is 31.6 Å². The number of aromatic nitrogens is 4. The van der Waals surface area contributed by atoms with Gasteiger partial charge in [-0.25, -0.2) is 20.5 Å². The van der Waals surface area contributed by atoms with Crippen LogP contribution in [0, 0.1) is 11.8 Å². The molecule has 0 aromatic carbocycles. The van der Waals surface area contributed by atoms with Gasteiger partial charge >= 0.3 is 11.9 Å². The summed E-state index contributed by atoms with van der Waals surface area (Å²) in [6.07, 6.45) is 18.7. The van der Waals surface area contributed by atoms with Gasteiger partial charge in [0, 0.05) is 24.7 Å². The predicted octanol–water partition coefficient (Wildman–Crippen LogP) is 5.28. The van der Waals surface area contributed by atoms with E-state index in [4.69, 9.17) is 38.8 Å². The highest BCUT2D eigenvalue weighted by molar-refractivity contribution is 5.75. The van der Waals surface area contributed by atoms with Crippen LogP contribution in [0.3, 0.4) is 0 Å². The lowest BCUT2D eigenvalue weighted by atomic mass is 9.84. The minimum Gasteiger partial charge on any atom is -0.480 e. The molecule has 18 nitrogen and oxygen atoms in total. The van der Waals surface area contributed by atoms with Crippen LogP contribution in [0.4, 0.5) is 0 Å². The number of carbonyl (C=O) groups excluding carboxylic acids is 3. The summed E-state index contributed by atoms with van der Waals surface area (Å²) in [5.74, 6) is -0.351. The molecule has 18 heteroatoms. The second kappa shape index (κ2) is 25.9. The van der Waals surface area contributed by atoms with E-state index in [-0.39, 0.29) is 50.3 Å². The van der Waals surface area contributed by atoms with Gasteiger partial charge in [0.15, 0.2) is 11.6 Å². The van der Waals surface area contributed by atoms with Crippen LogP contribution in [0.5, 0.6) is 0 Å². The normalized spacial score (nSPS) is 16.1. The number of rotatable bonds is 23. The molecule has 2 fully saturated rings. The molecule has 0 radical (unpaired) electrons. The first-order chi connectivity index (χ1) is 26.2. The van der Waals surface area contributed by atoms with E-state index in [1.165, 1.54) is 64.2 Å². The fraction of sp³-hybridized carbons (Fsp3) is 0.778. The summed E-state index contributed by atoms with van der Waals surface area (Å²) >= 11 is 0. The molecule has 4 rings (SSSR count). The van der Waals surface area contributed by atoms with Gasteiger partial charge in [0.2, 0.25) is 23.6 Å². The molecule has 2 saturated carbocycles. The van der Waals surface area contributed by atoms with E-state index in [0.717, 1.165) is 43.9 Å². The van der Waals surface area contributed by atoms with Gasteiger partial charge in [0.25, 0.3) is 0 Å². The molecule has 54 heavy (non-hydrogen) atoms. The smallest absolute Gasteiger partial charge is 0.332 e. The lowest BCUT2D eigenvalue weighted by Gasteiger charge is -2.22. The summed E-state index contributed by atoms with van der Waals surface area (Å²) < 4.78 is 25.4. The summed E-state index contributed by atoms with van der Waals surface area (Å²) in [4.78, 5) is 53.4. The van der Waals surface area contributed by atoms with Crippen LogP contribution >= 0.6 is 0 Å². The maximum atomic E-state index is 11.6. The van der Waals surface area contributed by atoms with E-state index in [1.54, 1.807) is 17.9 Å². The molecule has 2 aromatic rings. The van der Waals surface area contributed by atoms with Gasteiger partial charge in [-0.2, -0.15) is 9.97 Å². The Hall–Kier alpha value is -4.00. The number of hydrogen-bond acceptors (Lipinski definition) is 15. The molecular formula is C36H58N6O12. The average Bonchev–Trinajstić information content (AvgIpc) is 3.85. The third kappa shape index (κ3) is 17.9. The van der Waals surface area contributed by atoms with Crippen LogP contribution in [0.1, 0.15) is 158 Å². The zero-order chi connectivity index (χ0) is 39.0. The largest absolute Gasteiger partial charge is 0.480 e. The van der Waals surface area contributed by atoms with Crippen LogP contribution in [-0.2, 0) is 46.6 Å². The summed E-state index contributed by atoms with van der Waals surface area (Å²) in [5.41, 5.74) is 3.31. The molecule has 5 N–H and O–H groups in total. The zero-order valence-corrected chi connectivity index (χ0v) is 31.4. The number of aliphatic carboxylic acids is 1. The highest BCUT2D eigenvalue weighted by atomic mass is 16.6. The van der Waals surface area contributed by atoms with E-state index in [1.807, 2.05) is 0 Å². The first-order valence-corrected chi connectivity index (χ1v) is 19.2. The van der Waals surface area contributed by atoms with Gasteiger partial charge < -0.3 is 28.4 Å². The van der Waals surface area contributed by atoms with Crippen molar-refractivity contribution in [3.05, 3.63) is 23.4 Å². The Morgan fingerprint density at radius 3 is 1.57 bits per heavy atom. The number of carbonyl (C=O) groups is 4. The van der Waals surface area contributed by atoms with Crippen molar-refractivity contribution in [2.45, 2.75) is 148 Å². The Kier molecular flexibility index (Phi) is 21.3. The standard InChI is InChI=1S/C19H31N3O6.C17H27N3O6/c1-2-27-18(24)13-26-12-16-20-19(28-22-16)15(11-17(23)21-25)10-6-9-14-7-4-3-5-8-14;21-15(19-24)9-13(8-4-7-12-5-2-1-3-6-12)17-18-14(20-26-17)10-25-11-16(22)23/h14-15,25H,2-13H2,1H3,(H,21,23);12-13,24H,1-11H2,(H,19,21)(H,22,23)/t15-;13-/m11/s1. The molecule has 0 unspecified atom stereocenters. The van der Waals surface area contributed by atoms with Crippen molar-refractivity contribution in [1.29, 1.82) is 0 Å². The molecule has 2 heterocycles. The third-order valence-electron chi connectivity index (χ3n) is 9.77. The maximum Gasteiger partial charge on any atom is 0.332 e. The zero-order valence-electron chi connectivity index (χ0n) is 31.4. The van der Waals surface area contributed by atoms with E-state index in [2.05, 4.69) is 20.3 Å². The summed E-state index contributed by atoms with van der Waals surface area (Å²) in [7, 11) is 0. The quantitative estimate of drug-likeness (QED) is 0.0547. The monoisotopic (exact) mass is 766 g/mol. The first-order valence-electron chi connectivity index (χ1n) is 19.2. The number of esters is 1. The van der Waals surface area contributed by atoms with Crippen LogP contribution in [0.15, 0.2) is 9.05 Å². The van der Waals surface area contributed by atoms with E-state index >= 15 is 0 Å². The minimum absolute atomic E-state index is 0.0172. The van der Waals surface area contributed by atoms with E-state index in [0.29, 0.717) is 30.6 Å². The Morgan fingerprint density at radius 2 is 1.17 bits per heavy atom.